The van der Waals surface area contributed by atoms with Crippen molar-refractivity contribution in [2.75, 3.05) is 19.6 Å². The first-order chi connectivity index (χ1) is 9.16. The number of imidazole rings is 1. The highest BCUT2D eigenvalue weighted by molar-refractivity contribution is 5.75. The maximum absolute atomic E-state index is 11.6. The molecule has 1 saturated heterocycles. The molecular weight excluding hydrogens is 242 g/mol. The Kier molecular flexibility index (Phi) is 4.58. The van der Waals surface area contributed by atoms with E-state index in [1.165, 1.54) is 0 Å². The van der Waals surface area contributed by atoms with Gasteiger partial charge in [-0.15, -0.1) is 0 Å². The third kappa shape index (κ3) is 3.35. The first-order valence-electron chi connectivity index (χ1n) is 7.08. The van der Waals surface area contributed by atoms with Crippen molar-refractivity contribution >= 4 is 5.97 Å². The van der Waals surface area contributed by atoms with E-state index in [1.807, 2.05) is 10.8 Å². The molecule has 1 aromatic rings. The lowest BCUT2D eigenvalue weighted by Gasteiger charge is -2.40. The Morgan fingerprint density at radius 2 is 2.32 bits per heavy atom. The largest absolute Gasteiger partial charge is 0.481 e. The van der Waals surface area contributed by atoms with E-state index in [2.05, 4.69) is 16.8 Å². The number of carbonyl (C=O) groups is 1. The second-order valence-corrected chi connectivity index (χ2v) is 5.52. The average molecular weight is 265 g/mol. The molecular formula is C14H23N3O2. The van der Waals surface area contributed by atoms with Gasteiger partial charge in [0.25, 0.3) is 0 Å². The molecule has 1 unspecified atom stereocenters. The summed E-state index contributed by atoms with van der Waals surface area (Å²) in [4.78, 5) is 17.9. The molecule has 2 heterocycles. The van der Waals surface area contributed by atoms with Crippen molar-refractivity contribution in [2.24, 2.45) is 5.41 Å². The van der Waals surface area contributed by atoms with Crippen molar-refractivity contribution in [3.05, 3.63) is 18.7 Å². The maximum Gasteiger partial charge on any atom is 0.310 e. The predicted octanol–water partition coefficient (Wildman–Crippen LogP) is 1.85. The Morgan fingerprint density at radius 1 is 1.47 bits per heavy atom. The molecule has 1 atom stereocenters. The quantitative estimate of drug-likeness (QED) is 0.853. The molecule has 0 aliphatic carbocycles. The minimum absolute atomic E-state index is 0.526. The van der Waals surface area contributed by atoms with Gasteiger partial charge >= 0.3 is 5.97 Å². The number of carboxylic acids is 1. The number of aliphatic carboxylic acids is 1. The van der Waals surface area contributed by atoms with Gasteiger partial charge in [0, 0.05) is 32.0 Å². The number of aromatic nitrogens is 2. The van der Waals surface area contributed by atoms with Crippen molar-refractivity contribution in [1.82, 2.24) is 14.5 Å². The highest BCUT2D eigenvalue weighted by atomic mass is 16.4. The van der Waals surface area contributed by atoms with Crippen molar-refractivity contribution in [2.45, 2.75) is 39.2 Å². The Morgan fingerprint density at radius 3 is 2.95 bits per heavy atom. The van der Waals surface area contributed by atoms with E-state index < -0.39 is 11.4 Å². The summed E-state index contributed by atoms with van der Waals surface area (Å²) in [6, 6.07) is 0. The van der Waals surface area contributed by atoms with Crippen LogP contribution in [0.1, 0.15) is 32.6 Å². The summed E-state index contributed by atoms with van der Waals surface area (Å²) >= 11 is 0. The summed E-state index contributed by atoms with van der Waals surface area (Å²) < 4.78 is 2.04. The molecule has 1 aromatic heterocycles. The fourth-order valence-electron chi connectivity index (χ4n) is 3.06. The monoisotopic (exact) mass is 265 g/mol. The molecule has 1 N–H and O–H groups in total. The van der Waals surface area contributed by atoms with Gasteiger partial charge in [-0.3, -0.25) is 4.79 Å². The Bertz CT molecular complexity index is 401. The van der Waals surface area contributed by atoms with E-state index in [0.29, 0.717) is 6.54 Å². The van der Waals surface area contributed by atoms with Gasteiger partial charge in [-0.1, -0.05) is 13.3 Å². The summed E-state index contributed by atoms with van der Waals surface area (Å²) in [5.74, 6) is -0.623. The van der Waals surface area contributed by atoms with Crippen LogP contribution in [0.4, 0.5) is 0 Å². The third-order valence-corrected chi connectivity index (χ3v) is 4.07. The molecule has 1 fully saturated rings. The van der Waals surface area contributed by atoms with Crippen molar-refractivity contribution in [3.63, 3.8) is 0 Å². The van der Waals surface area contributed by atoms with E-state index in [4.69, 9.17) is 0 Å². The number of carboxylic acid groups (broad SMARTS) is 1. The molecule has 0 amide bonds. The Balaban J connectivity index is 1.93. The molecule has 106 valence electrons. The molecule has 19 heavy (non-hydrogen) atoms. The highest BCUT2D eigenvalue weighted by Crippen LogP contribution is 2.34. The van der Waals surface area contributed by atoms with E-state index in [-0.39, 0.29) is 0 Å². The first-order valence-corrected chi connectivity index (χ1v) is 7.08. The van der Waals surface area contributed by atoms with Crippen LogP contribution in [-0.2, 0) is 11.3 Å². The summed E-state index contributed by atoms with van der Waals surface area (Å²) in [5.41, 5.74) is -0.526. The molecule has 2 rings (SSSR count). The minimum Gasteiger partial charge on any atom is -0.481 e. The van der Waals surface area contributed by atoms with Crippen LogP contribution >= 0.6 is 0 Å². The van der Waals surface area contributed by atoms with Gasteiger partial charge in [-0.25, -0.2) is 4.98 Å². The molecule has 1 aliphatic rings. The lowest BCUT2D eigenvalue weighted by molar-refractivity contribution is -0.153. The van der Waals surface area contributed by atoms with E-state index in [9.17, 15) is 9.90 Å². The standard InChI is InChI=1S/C14H23N3O2/c1-2-4-14(13(18)19)5-3-7-16(11-14)9-10-17-8-6-15-12-17/h6,8,12H,2-5,7,9-11H2,1H3,(H,18,19). The zero-order valence-electron chi connectivity index (χ0n) is 11.6. The van der Waals surface area contributed by atoms with Crippen LogP contribution in [0.2, 0.25) is 0 Å². The SMILES string of the molecule is CCCC1(C(=O)O)CCCN(CCn2ccnc2)C1. The normalized spacial score (nSPS) is 24.5. The zero-order chi connectivity index (χ0) is 13.7. The molecule has 5 nitrogen and oxygen atoms in total. The second kappa shape index (κ2) is 6.19. The summed E-state index contributed by atoms with van der Waals surface area (Å²) in [6.07, 6.45) is 9.04. The van der Waals surface area contributed by atoms with Crippen molar-refractivity contribution in [1.29, 1.82) is 0 Å². The number of nitrogens with zero attached hydrogens (tertiary/aromatic N) is 3. The van der Waals surface area contributed by atoms with Gasteiger partial charge in [0.1, 0.15) is 0 Å². The van der Waals surface area contributed by atoms with Crippen molar-refractivity contribution in [3.8, 4) is 0 Å². The average Bonchev–Trinajstić information content (AvgIpc) is 2.90. The van der Waals surface area contributed by atoms with E-state index in [0.717, 1.165) is 45.3 Å². The number of hydrogen-bond donors (Lipinski definition) is 1. The molecule has 5 heteroatoms. The smallest absolute Gasteiger partial charge is 0.310 e. The maximum atomic E-state index is 11.6. The second-order valence-electron chi connectivity index (χ2n) is 5.52. The Labute approximate surface area is 114 Å². The van der Waals surface area contributed by atoms with Gasteiger partial charge in [0.15, 0.2) is 0 Å². The lowest BCUT2D eigenvalue weighted by Crippen LogP contribution is -2.48. The molecule has 0 aromatic carbocycles. The lowest BCUT2D eigenvalue weighted by atomic mass is 9.76. The molecule has 0 radical (unpaired) electrons. The van der Waals surface area contributed by atoms with Gasteiger partial charge in [0.2, 0.25) is 0 Å². The molecule has 1 aliphatic heterocycles. The molecule has 0 bridgehead atoms. The number of likely N-dealkylation sites (tertiary alicyclic amines) is 1. The summed E-state index contributed by atoms with van der Waals surface area (Å²) in [6.45, 7) is 5.53. The first kappa shape index (κ1) is 14.1. The third-order valence-electron chi connectivity index (χ3n) is 4.07. The van der Waals surface area contributed by atoms with Crippen LogP contribution in [-0.4, -0.2) is 45.2 Å². The van der Waals surface area contributed by atoms with Gasteiger partial charge < -0.3 is 14.6 Å². The van der Waals surface area contributed by atoms with Crippen LogP contribution in [0.15, 0.2) is 18.7 Å². The van der Waals surface area contributed by atoms with Gasteiger partial charge in [0.05, 0.1) is 11.7 Å². The van der Waals surface area contributed by atoms with Gasteiger partial charge in [-0.2, -0.15) is 0 Å². The molecule has 0 saturated carbocycles. The van der Waals surface area contributed by atoms with Crippen LogP contribution in [0, 0.1) is 5.41 Å². The minimum atomic E-state index is -0.623. The summed E-state index contributed by atoms with van der Waals surface area (Å²) in [7, 11) is 0. The number of hydrogen-bond acceptors (Lipinski definition) is 3. The zero-order valence-corrected chi connectivity index (χ0v) is 11.6. The van der Waals surface area contributed by atoms with Crippen LogP contribution in [0.3, 0.4) is 0 Å². The predicted molar refractivity (Wildman–Crippen MR) is 72.9 cm³/mol. The van der Waals surface area contributed by atoms with Crippen LogP contribution in [0.5, 0.6) is 0 Å². The Hall–Kier alpha value is -1.36. The van der Waals surface area contributed by atoms with Crippen LogP contribution in [0.25, 0.3) is 0 Å². The van der Waals surface area contributed by atoms with Crippen molar-refractivity contribution < 1.29 is 9.90 Å². The fourth-order valence-corrected chi connectivity index (χ4v) is 3.06. The highest BCUT2D eigenvalue weighted by Gasteiger charge is 2.41. The fraction of sp³-hybridized carbons (Fsp3) is 0.714. The summed E-state index contributed by atoms with van der Waals surface area (Å²) in [5, 5.41) is 9.55. The topological polar surface area (TPSA) is 58.4 Å². The van der Waals surface area contributed by atoms with Crippen LogP contribution < -0.4 is 0 Å². The van der Waals surface area contributed by atoms with E-state index in [1.54, 1.807) is 12.5 Å². The number of rotatable bonds is 6. The number of piperidine rings is 1. The molecule has 0 spiro atoms. The van der Waals surface area contributed by atoms with Gasteiger partial charge in [-0.05, 0) is 25.8 Å². The van der Waals surface area contributed by atoms with E-state index >= 15 is 0 Å².